The van der Waals surface area contributed by atoms with Crippen LogP contribution in [0.5, 0.6) is 0 Å². The lowest BCUT2D eigenvalue weighted by atomic mass is 10.0. The van der Waals surface area contributed by atoms with E-state index in [4.69, 9.17) is 5.11 Å². The number of hydrogen-bond donors (Lipinski definition) is 2. The van der Waals surface area contributed by atoms with Gasteiger partial charge in [-0.2, -0.15) is 13.2 Å². The molecule has 3 aromatic carbocycles. The number of nitro groups is 2. The zero-order valence-corrected chi connectivity index (χ0v) is 21.8. The predicted molar refractivity (Wildman–Crippen MR) is 143 cm³/mol. The van der Waals surface area contributed by atoms with Gasteiger partial charge < -0.3 is 10.2 Å². The second kappa shape index (κ2) is 10.9. The summed E-state index contributed by atoms with van der Waals surface area (Å²) in [7, 11) is -4.82. The van der Waals surface area contributed by atoms with E-state index in [1.54, 1.807) is 0 Å². The molecular formula is C26H14F3N3O10S. The van der Waals surface area contributed by atoms with Crippen LogP contribution in [0.1, 0.15) is 27.0 Å². The summed E-state index contributed by atoms with van der Waals surface area (Å²) in [5.74, 6) is -3.78. The summed E-state index contributed by atoms with van der Waals surface area (Å²) >= 11 is 0. The van der Waals surface area contributed by atoms with Crippen molar-refractivity contribution in [1.82, 2.24) is 0 Å². The van der Waals surface area contributed by atoms with E-state index < -0.39 is 87.1 Å². The summed E-state index contributed by atoms with van der Waals surface area (Å²) in [5, 5.41) is 41.4. The number of aliphatic imine (C=N–C) groups is 1. The van der Waals surface area contributed by atoms with Gasteiger partial charge in [-0.05, 0) is 59.7 Å². The van der Waals surface area contributed by atoms with Crippen molar-refractivity contribution in [3.05, 3.63) is 121 Å². The first kappa shape index (κ1) is 30.3. The molecule has 1 aliphatic rings. The van der Waals surface area contributed by atoms with Crippen molar-refractivity contribution in [1.29, 1.82) is 0 Å². The van der Waals surface area contributed by atoms with E-state index in [9.17, 15) is 56.5 Å². The summed E-state index contributed by atoms with van der Waals surface area (Å²) in [6.07, 6.45) is -4.41. The first-order valence-electron chi connectivity index (χ1n) is 11.5. The Morgan fingerprint density at radius 2 is 1.30 bits per heavy atom. The average molecular weight is 617 g/mol. The zero-order valence-electron chi connectivity index (χ0n) is 21.0. The lowest BCUT2D eigenvalue weighted by molar-refractivity contribution is -0.385. The van der Waals surface area contributed by atoms with Crippen molar-refractivity contribution in [2.24, 2.45) is 4.99 Å². The minimum Gasteiger partial charge on any atom is -0.478 e. The molecule has 1 heterocycles. The van der Waals surface area contributed by atoms with Crippen molar-refractivity contribution in [3.8, 4) is 0 Å². The van der Waals surface area contributed by atoms with E-state index in [0.717, 1.165) is 60.7 Å². The Morgan fingerprint density at radius 3 is 1.74 bits per heavy atom. The average Bonchev–Trinajstić information content (AvgIpc) is 2.92. The molecule has 17 heteroatoms. The molecule has 220 valence electrons. The minimum absolute atomic E-state index is 0.181. The van der Waals surface area contributed by atoms with Crippen LogP contribution in [0.4, 0.5) is 30.2 Å². The monoisotopic (exact) mass is 617 g/mol. The molecule has 0 radical (unpaired) electrons. The fraction of sp³-hybridized carbons (Fsp3) is 0.0385. The van der Waals surface area contributed by atoms with Crippen LogP contribution in [0, 0.1) is 20.2 Å². The highest BCUT2D eigenvalue weighted by Crippen LogP contribution is 2.41. The predicted octanol–water partition coefficient (Wildman–Crippen LogP) is 5.26. The maximum atomic E-state index is 13.8. The number of carboxylic acids is 2. The van der Waals surface area contributed by atoms with Gasteiger partial charge in [-0.25, -0.2) is 23.0 Å². The molecule has 4 rings (SSSR count). The fourth-order valence-corrected chi connectivity index (χ4v) is 5.95. The van der Waals surface area contributed by atoms with Crippen molar-refractivity contribution in [3.63, 3.8) is 0 Å². The smallest absolute Gasteiger partial charge is 0.417 e. The molecule has 0 saturated heterocycles. The van der Waals surface area contributed by atoms with E-state index >= 15 is 0 Å². The molecule has 0 bridgehead atoms. The molecule has 0 spiro atoms. The van der Waals surface area contributed by atoms with Crippen LogP contribution in [0.15, 0.2) is 83.4 Å². The number of aliphatic carboxylic acids is 1. The highest BCUT2D eigenvalue weighted by atomic mass is 32.2. The Labute approximate surface area is 237 Å². The van der Waals surface area contributed by atoms with Crippen LogP contribution >= 0.6 is 0 Å². The Balaban J connectivity index is 2.06. The molecule has 1 aliphatic heterocycles. The first-order valence-corrected chi connectivity index (χ1v) is 13.0. The number of halogens is 3. The standard InChI is InChI=1S/C26H14F3N3O10S/c27-26(28,29)19-11-15(5-10-18(19)24(33)34)30-20-12-21(13-1-6-16(7-2-13)31(37)38)43(41,42)23(22(20)25(35)36)14-3-8-17(9-4-14)32(39)40/h1-12H,(H,33,34)(H,35,36)/b30-20-. The third-order valence-corrected chi connectivity index (χ3v) is 7.92. The van der Waals surface area contributed by atoms with Crippen LogP contribution in [0.25, 0.3) is 9.81 Å². The van der Waals surface area contributed by atoms with Crippen molar-refractivity contribution < 1.29 is 51.2 Å². The molecule has 43 heavy (non-hydrogen) atoms. The van der Waals surface area contributed by atoms with Gasteiger partial charge in [0.1, 0.15) is 5.57 Å². The molecule has 3 aromatic rings. The number of rotatable bonds is 7. The van der Waals surface area contributed by atoms with Crippen molar-refractivity contribution in [2.75, 3.05) is 0 Å². The topological polar surface area (TPSA) is 207 Å². The van der Waals surface area contributed by atoms with Crippen LogP contribution in [-0.4, -0.2) is 46.1 Å². The number of alkyl halides is 3. The quantitative estimate of drug-likeness (QED) is 0.260. The number of nitrogens with zero attached hydrogens (tertiary/aromatic N) is 3. The Bertz CT molecular complexity index is 1910. The van der Waals surface area contributed by atoms with E-state index in [2.05, 4.69) is 4.99 Å². The highest BCUT2D eigenvalue weighted by Gasteiger charge is 2.39. The second-order valence-corrected chi connectivity index (χ2v) is 10.5. The maximum Gasteiger partial charge on any atom is 0.417 e. The number of carbonyl (C=O) groups is 2. The van der Waals surface area contributed by atoms with E-state index in [-0.39, 0.29) is 11.1 Å². The molecule has 0 atom stereocenters. The maximum absolute atomic E-state index is 13.8. The van der Waals surface area contributed by atoms with Gasteiger partial charge in [0.05, 0.1) is 42.2 Å². The number of benzene rings is 3. The molecule has 0 amide bonds. The summed E-state index contributed by atoms with van der Waals surface area (Å²) in [6.45, 7) is 0. The SMILES string of the molecule is O=C(O)C1=C(c2ccc([N+](=O)[O-])cc2)S(=O)(=O)C(c2ccc([N+](=O)[O-])cc2)=C/C1=N/c1ccc(C(=O)O)c(C(F)(F)F)c1. The molecular weight excluding hydrogens is 603 g/mol. The second-order valence-electron chi connectivity index (χ2n) is 8.66. The van der Waals surface area contributed by atoms with Gasteiger partial charge in [-0.1, -0.05) is 0 Å². The van der Waals surface area contributed by atoms with E-state index in [0.29, 0.717) is 12.1 Å². The Morgan fingerprint density at radius 1 is 0.791 bits per heavy atom. The van der Waals surface area contributed by atoms with Crippen LogP contribution < -0.4 is 0 Å². The van der Waals surface area contributed by atoms with Gasteiger partial charge in [-0.15, -0.1) is 0 Å². The number of non-ortho nitro benzene ring substituents is 2. The van der Waals surface area contributed by atoms with Crippen LogP contribution in [-0.2, 0) is 20.8 Å². The fourth-order valence-electron chi connectivity index (χ4n) is 4.11. The first-order chi connectivity index (χ1) is 20.0. The molecule has 2 N–H and O–H groups in total. The van der Waals surface area contributed by atoms with E-state index in [1.165, 1.54) is 0 Å². The van der Waals surface area contributed by atoms with Crippen molar-refractivity contribution >= 4 is 54.4 Å². The van der Waals surface area contributed by atoms with Crippen LogP contribution in [0.3, 0.4) is 0 Å². The lowest BCUT2D eigenvalue weighted by Crippen LogP contribution is -2.23. The lowest BCUT2D eigenvalue weighted by Gasteiger charge is -2.21. The summed E-state index contributed by atoms with van der Waals surface area (Å²) < 4.78 is 68.5. The Kier molecular flexibility index (Phi) is 7.69. The number of aromatic carboxylic acids is 1. The molecule has 0 unspecified atom stereocenters. The largest absolute Gasteiger partial charge is 0.478 e. The molecule has 0 aliphatic carbocycles. The number of nitro benzene ring substituents is 2. The van der Waals surface area contributed by atoms with Gasteiger partial charge in [0.25, 0.3) is 11.4 Å². The third-order valence-electron chi connectivity index (χ3n) is 6.01. The van der Waals surface area contributed by atoms with Crippen LogP contribution in [0.2, 0.25) is 0 Å². The van der Waals surface area contributed by atoms with E-state index in [1.807, 2.05) is 0 Å². The van der Waals surface area contributed by atoms with Crippen molar-refractivity contribution in [2.45, 2.75) is 6.18 Å². The summed E-state index contributed by atoms with van der Waals surface area (Å²) in [6, 6.07) is 9.49. The van der Waals surface area contributed by atoms with Gasteiger partial charge in [-0.3, -0.25) is 20.2 Å². The number of hydrogen-bond acceptors (Lipinski definition) is 9. The number of sulfone groups is 1. The minimum atomic E-state index is -5.16. The van der Waals surface area contributed by atoms with Gasteiger partial charge in [0, 0.05) is 24.3 Å². The molecule has 0 fully saturated rings. The summed E-state index contributed by atoms with van der Waals surface area (Å²) in [5.41, 5.74) is -6.41. The van der Waals surface area contributed by atoms with Gasteiger partial charge in [0.2, 0.25) is 9.84 Å². The molecule has 0 saturated carbocycles. The highest BCUT2D eigenvalue weighted by molar-refractivity contribution is 8.09. The molecule has 0 aromatic heterocycles. The third kappa shape index (κ3) is 5.87. The number of allylic oxidation sites excluding steroid dienone is 1. The van der Waals surface area contributed by atoms with Gasteiger partial charge in [0.15, 0.2) is 0 Å². The van der Waals surface area contributed by atoms with Gasteiger partial charge >= 0.3 is 18.1 Å². The normalized spacial score (nSPS) is 15.6. The number of carboxylic acid groups (broad SMARTS) is 2. The summed E-state index contributed by atoms with van der Waals surface area (Å²) in [4.78, 5) is 46.8. The Hall–Kier alpha value is -5.71. The zero-order chi connectivity index (χ0) is 31.9. The molecule has 13 nitrogen and oxygen atoms in total.